The molecule has 0 amide bonds. The van der Waals surface area contributed by atoms with E-state index >= 15 is 0 Å². The molecule has 1 rings (SSSR count). The number of nitrogens with zero attached hydrogens (tertiary/aromatic N) is 1. The van der Waals surface area contributed by atoms with E-state index < -0.39 is 0 Å². The average Bonchev–Trinajstić information content (AvgIpc) is 2.26. The molecule has 0 aromatic heterocycles. The fourth-order valence-corrected chi connectivity index (χ4v) is 2.44. The largest absolute Gasteiger partial charge is 0.302 e. The van der Waals surface area contributed by atoms with Gasteiger partial charge >= 0.3 is 0 Å². The molecule has 0 aliphatic carbocycles. The van der Waals surface area contributed by atoms with Gasteiger partial charge in [-0.2, -0.15) is 12.6 Å². The standard InChI is InChI=1S/C15H25NS/c1-11(2)13-7-6-12(3)14(10-13)15(8-9-17)16(4)5/h6-7,10-11,15,17H,8-9H2,1-5H3. The third-order valence-electron chi connectivity index (χ3n) is 3.35. The number of hydrogen-bond donors (Lipinski definition) is 1. The molecule has 17 heavy (non-hydrogen) atoms. The first-order valence-corrected chi connectivity index (χ1v) is 6.98. The van der Waals surface area contributed by atoms with Crippen molar-refractivity contribution in [2.45, 2.75) is 39.2 Å². The zero-order valence-electron chi connectivity index (χ0n) is 11.7. The van der Waals surface area contributed by atoms with Crippen molar-refractivity contribution in [1.29, 1.82) is 0 Å². The van der Waals surface area contributed by atoms with E-state index in [1.165, 1.54) is 16.7 Å². The van der Waals surface area contributed by atoms with E-state index in [1.54, 1.807) is 0 Å². The highest BCUT2D eigenvalue weighted by atomic mass is 32.1. The van der Waals surface area contributed by atoms with Crippen LogP contribution in [0.25, 0.3) is 0 Å². The minimum absolute atomic E-state index is 0.478. The molecule has 1 aromatic rings. The molecule has 0 saturated carbocycles. The molecule has 0 aliphatic heterocycles. The van der Waals surface area contributed by atoms with Crippen LogP contribution in [0.5, 0.6) is 0 Å². The third-order valence-corrected chi connectivity index (χ3v) is 3.61. The summed E-state index contributed by atoms with van der Waals surface area (Å²) < 4.78 is 0. The molecule has 1 atom stereocenters. The van der Waals surface area contributed by atoms with Crippen LogP contribution in [0.3, 0.4) is 0 Å². The lowest BCUT2D eigenvalue weighted by molar-refractivity contribution is 0.292. The van der Waals surface area contributed by atoms with E-state index in [9.17, 15) is 0 Å². The summed E-state index contributed by atoms with van der Waals surface area (Å²) in [5.41, 5.74) is 4.27. The Balaban J connectivity index is 3.12. The molecule has 0 spiro atoms. The van der Waals surface area contributed by atoms with Gasteiger partial charge in [-0.25, -0.2) is 0 Å². The molecule has 0 radical (unpaired) electrons. The molecule has 1 nitrogen and oxygen atoms in total. The molecule has 1 aromatic carbocycles. The summed E-state index contributed by atoms with van der Waals surface area (Å²) >= 11 is 4.38. The fraction of sp³-hybridized carbons (Fsp3) is 0.600. The Morgan fingerprint density at radius 3 is 2.35 bits per heavy atom. The topological polar surface area (TPSA) is 3.24 Å². The maximum absolute atomic E-state index is 4.38. The van der Waals surface area contributed by atoms with Gasteiger partial charge in [-0.1, -0.05) is 32.0 Å². The van der Waals surface area contributed by atoms with Crippen LogP contribution in [-0.2, 0) is 0 Å². The van der Waals surface area contributed by atoms with Gasteiger partial charge in [-0.3, -0.25) is 0 Å². The third kappa shape index (κ3) is 3.75. The molecule has 1 unspecified atom stereocenters. The average molecular weight is 251 g/mol. The molecular weight excluding hydrogens is 226 g/mol. The molecule has 0 saturated heterocycles. The van der Waals surface area contributed by atoms with Gasteiger partial charge in [0.05, 0.1) is 0 Å². The van der Waals surface area contributed by atoms with Crippen molar-refractivity contribution in [3.05, 3.63) is 34.9 Å². The smallest absolute Gasteiger partial charge is 0.0352 e. The highest BCUT2D eigenvalue weighted by molar-refractivity contribution is 7.80. The van der Waals surface area contributed by atoms with Crippen molar-refractivity contribution in [3.8, 4) is 0 Å². The number of hydrogen-bond acceptors (Lipinski definition) is 2. The molecule has 0 bridgehead atoms. The van der Waals surface area contributed by atoms with Gasteiger partial charge in [0.25, 0.3) is 0 Å². The quantitative estimate of drug-likeness (QED) is 0.773. The van der Waals surface area contributed by atoms with E-state index in [2.05, 4.69) is 70.6 Å². The summed E-state index contributed by atoms with van der Waals surface area (Å²) in [7, 11) is 4.30. The van der Waals surface area contributed by atoms with Gasteiger partial charge in [0, 0.05) is 6.04 Å². The van der Waals surface area contributed by atoms with Crippen molar-refractivity contribution < 1.29 is 0 Å². The zero-order chi connectivity index (χ0) is 13.0. The molecule has 0 heterocycles. The van der Waals surface area contributed by atoms with E-state index in [0.29, 0.717) is 12.0 Å². The van der Waals surface area contributed by atoms with Crippen molar-refractivity contribution in [3.63, 3.8) is 0 Å². The van der Waals surface area contributed by atoms with Crippen LogP contribution in [0.4, 0.5) is 0 Å². The monoisotopic (exact) mass is 251 g/mol. The maximum Gasteiger partial charge on any atom is 0.0352 e. The molecule has 0 aliphatic rings. The first-order valence-electron chi connectivity index (χ1n) is 6.35. The first-order chi connectivity index (χ1) is 7.97. The van der Waals surface area contributed by atoms with E-state index in [4.69, 9.17) is 0 Å². The second-order valence-corrected chi connectivity index (χ2v) is 5.71. The zero-order valence-corrected chi connectivity index (χ0v) is 12.6. The fourth-order valence-electron chi connectivity index (χ4n) is 2.19. The van der Waals surface area contributed by atoms with Crippen molar-refractivity contribution in [1.82, 2.24) is 4.90 Å². The highest BCUT2D eigenvalue weighted by Gasteiger charge is 2.16. The number of aryl methyl sites for hydroxylation is 1. The lowest BCUT2D eigenvalue weighted by Crippen LogP contribution is -2.21. The second-order valence-electron chi connectivity index (χ2n) is 5.26. The van der Waals surface area contributed by atoms with Gasteiger partial charge < -0.3 is 4.90 Å². The van der Waals surface area contributed by atoms with Gasteiger partial charge in [-0.05, 0) is 55.8 Å². The highest BCUT2D eigenvalue weighted by Crippen LogP contribution is 2.28. The van der Waals surface area contributed by atoms with Crippen LogP contribution in [0.1, 0.15) is 48.9 Å². The summed E-state index contributed by atoms with van der Waals surface area (Å²) in [6.07, 6.45) is 1.10. The maximum atomic E-state index is 4.38. The van der Waals surface area contributed by atoms with E-state index in [-0.39, 0.29) is 0 Å². The van der Waals surface area contributed by atoms with Gasteiger partial charge in [0.15, 0.2) is 0 Å². The summed E-state index contributed by atoms with van der Waals surface area (Å²) in [5.74, 6) is 1.52. The van der Waals surface area contributed by atoms with Crippen LogP contribution in [0.15, 0.2) is 18.2 Å². The molecule has 2 heteroatoms. The number of benzene rings is 1. The van der Waals surface area contributed by atoms with E-state index in [1.807, 2.05) is 0 Å². The number of thiol groups is 1. The Kier molecular flexibility index (Phi) is 5.54. The Hall–Kier alpha value is -0.470. The predicted octanol–water partition coefficient (Wildman–Crippen LogP) is 4.04. The summed E-state index contributed by atoms with van der Waals surface area (Å²) in [5, 5.41) is 0. The summed E-state index contributed by atoms with van der Waals surface area (Å²) in [4.78, 5) is 2.29. The van der Waals surface area contributed by atoms with Crippen LogP contribution >= 0.6 is 12.6 Å². The van der Waals surface area contributed by atoms with Gasteiger partial charge in [0.2, 0.25) is 0 Å². The van der Waals surface area contributed by atoms with Gasteiger partial charge in [-0.15, -0.1) is 0 Å². The molecule has 0 N–H and O–H groups in total. The molecule has 96 valence electrons. The van der Waals surface area contributed by atoms with Crippen LogP contribution < -0.4 is 0 Å². The minimum atomic E-state index is 0.478. The summed E-state index contributed by atoms with van der Waals surface area (Å²) in [6, 6.07) is 7.34. The number of rotatable bonds is 5. The molecular formula is C15H25NS. The van der Waals surface area contributed by atoms with Crippen LogP contribution in [0.2, 0.25) is 0 Å². The lowest BCUT2D eigenvalue weighted by atomic mass is 9.92. The van der Waals surface area contributed by atoms with E-state index in [0.717, 1.165) is 12.2 Å². The van der Waals surface area contributed by atoms with Crippen molar-refractivity contribution in [2.75, 3.05) is 19.8 Å². The second kappa shape index (κ2) is 6.46. The predicted molar refractivity (Wildman–Crippen MR) is 80.2 cm³/mol. The Morgan fingerprint density at radius 1 is 1.24 bits per heavy atom. The lowest BCUT2D eigenvalue weighted by Gasteiger charge is -2.26. The normalized spacial score (nSPS) is 13.4. The van der Waals surface area contributed by atoms with Crippen molar-refractivity contribution in [2.24, 2.45) is 0 Å². The Labute approximate surface area is 112 Å². The Bertz CT molecular complexity index is 358. The van der Waals surface area contributed by atoms with Crippen LogP contribution in [-0.4, -0.2) is 24.7 Å². The van der Waals surface area contributed by atoms with Gasteiger partial charge in [0.1, 0.15) is 0 Å². The van der Waals surface area contributed by atoms with Crippen molar-refractivity contribution >= 4 is 12.6 Å². The molecule has 0 fully saturated rings. The SMILES string of the molecule is Cc1ccc(C(C)C)cc1C(CCS)N(C)C. The first kappa shape index (κ1) is 14.6. The summed E-state index contributed by atoms with van der Waals surface area (Å²) in [6.45, 7) is 6.70. The Morgan fingerprint density at radius 2 is 1.88 bits per heavy atom. The van der Waals surface area contributed by atoms with Crippen LogP contribution in [0, 0.1) is 6.92 Å². The minimum Gasteiger partial charge on any atom is -0.302 e.